The molecule has 1 aromatic rings. The number of halogens is 1. The Morgan fingerprint density at radius 3 is 2.43 bits per heavy atom. The molecule has 1 nitrogen and oxygen atoms in total. The van der Waals surface area contributed by atoms with Crippen molar-refractivity contribution in [3.8, 4) is 0 Å². The average molecular weight is 303 g/mol. The number of unbranched alkanes of at least 4 members (excludes halogenated alkanes) is 1. The topological polar surface area (TPSA) is 26.0 Å². The van der Waals surface area contributed by atoms with Gasteiger partial charge in [-0.25, -0.2) is 0 Å². The van der Waals surface area contributed by atoms with E-state index in [-0.39, 0.29) is 0 Å². The average Bonchev–Trinajstić information content (AvgIpc) is 2.21. The van der Waals surface area contributed by atoms with Gasteiger partial charge in [-0.3, -0.25) is 0 Å². The summed E-state index contributed by atoms with van der Waals surface area (Å²) < 4.78 is 1.20. The molecular formula is C12H18IN. The van der Waals surface area contributed by atoms with Gasteiger partial charge < -0.3 is 5.73 Å². The number of alkyl halides is 1. The summed E-state index contributed by atoms with van der Waals surface area (Å²) in [7, 11) is 0. The van der Waals surface area contributed by atoms with Gasteiger partial charge >= 0.3 is 0 Å². The van der Waals surface area contributed by atoms with Crippen LogP contribution in [-0.4, -0.2) is 4.43 Å². The zero-order chi connectivity index (χ0) is 10.4. The molecule has 78 valence electrons. The lowest BCUT2D eigenvalue weighted by atomic mass is 9.95. The number of nitrogens with two attached hydrogens (primary N) is 1. The van der Waals surface area contributed by atoms with E-state index < -0.39 is 0 Å². The Kier molecular flexibility index (Phi) is 5.30. The Labute approximate surface area is 100 Å². The van der Waals surface area contributed by atoms with Gasteiger partial charge in [0.1, 0.15) is 0 Å². The summed E-state index contributed by atoms with van der Waals surface area (Å²) in [4.78, 5) is 0. The Bertz CT molecular complexity index is 256. The van der Waals surface area contributed by atoms with Gasteiger partial charge in [0.15, 0.2) is 0 Å². The number of rotatable bonds is 5. The molecule has 1 rings (SSSR count). The number of hydrogen-bond acceptors (Lipinski definition) is 1. The van der Waals surface area contributed by atoms with Gasteiger partial charge in [-0.05, 0) is 30.0 Å². The summed E-state index contributed by atoms with van der Waals surface area (Å²) in [6, 6.07) is 8.32. The summed E-state index contributed by atoms with van der Waals surface area (Å²) in [5.41, 5.74) is 7.96. The van der Waals surface area contributed by atoms with E-state index in [9.17, 15) is 0 Å². The molecule has 0 radical (unpaired) electrons. The predicted octanol–water partition coefficient (Wildman–Crippen LogP) is 3.98. The SMILES string of the molecule is CCCCC(CI)c1ccc(N)cc1. The van der Waals surface area contributed by atoms with E-state index in [4.69, 9.17) is 5.73 Å². The third kappa shape index (κ3) is 3.48. The largest absolute Gasteiger partial charge is 0.399 e. The first-order chi connectivity index (χ1) is 6.77. The van der Waals surface area contributed by atoms with Gasteiger partial charge in [0.25, 0.3) is 0 Å². The summed E-state index contributed by atoms with van der Waals surface area (Å²) in [6.45, 7) is 2.24. The molecule has 0 aliphatic heterocycles. The molecule has 2 N–H and O–H groups in total. The van der Waals surface area contributed by atoms with Crippen LogP contribution < -0.4 is 5.73 Å². The minimum absolute atomic E-state index is 0.705. The molecule has 14 heavy (non-hydrogen) atoms. The van der Waals surface area contributed by atoms with Crippen molar-refractivity contribution >= 4 is 28.3 Å². The first-order valence-corrected chi connectivity index (χ1v) is 6.72. The lowest BCUT2D eigenvalue weighted by Crippen LogP contribution is -2.00. The highest BCUT2D eigenvalue weighted by atomic mass is 127. The standard InChI is InChI=1S/C12H18IN/c1-2-3-4-11(9-13)10-5-7-12(14)8-6-10/h5-8,11H,2-4,9,14H2,1H3. The van der Waals surface area contributed by atoms with Crippen molar-refractivity contribution in [2.24, 2.45) is 0 Å². The molecule has 0 saturated heterocycles. The van der Waals surface area contributed by atoms with E-state index in [1.165, 1.54) is 29.3 Å². The summed E-state index contributed by atoms with van der Waals surface area (Å²) in [5, 5.41) is 0. The van der Waals surface area contributed by atoms with Crippen LogP contribution >= 0.6 is 22.6 Å². The molecule has 2 heteroatoms. The van der Waals surface area contributed by atoms with Crippen LogP contribution in [0.4, 0.5) is 5.69 Å². The Balaban J connectivity index is 2.64. The summed E-state index contributed by atoms with van der Waals surface area (Å²) in [5.74, 6) is 0.705. The van der Waals surface area contributed by atoms with E-state index in [1.807, 2.05) is 12.1 Å². The molecule has 0 heterocycles. The lowest BCUT2D eigenvalue weighted by Gasteiger charge is -2.13. The highest BCUT2D eigenvalue weighted by Gasteiger charge is 2.08. The Hall–Kier alpha value is -0.250. The van der Waals surface area contributed by atoms with Crippen LogP contribution in [0, 0.1) is 0 Å². The van der Waals surface area contributed by atoms with Crippen molar-refractivity contribution in [2.45, 2.75) is 32.1 Å². The van der Waals surface area contributed by atoms with Crippen molar-refractivity contribution in [3.63, 3.8) is 0 Å². The normalized spacial score (nSPS) is 12.7. The fraction of sp³-hybridized carbons (Fsp3) is 0.500. The number of benzene rings is 1. The van der Waals surface area contributed by atoms with Crippen LogP contribution in [0.1, 0.15) is 37.7 Å². The number of hydrogen-bond donors (Lipinski definition) is 1. The van der Waals surface area contributed by atoms with E-state index in [0.717, 1.165) is 5.69 Å². The summed E-state index contributed by atoms with van der Waals surface area (Å²) >= 11 is 2.47. The van der Waals surface area contributed by atoms with Crippen molar-refractivity contribution < 1.29 is 0 Å². The fourth-order valence-electron chi connectivity index (χ4n) is 1.55. The fourth-order valence-corrected chi connectivity index (χ4v) is 2.50. The molecule has 1 unspecified atom stereocenters. The minimum Gasteiger partial charge on any atom is -0.399 e. The van der Waals surface area contributed by atoms with Gasteiger partial charge in [-0.1, -0.05) is 54.5 Å². The molecule has 0 aliphatic rings. The molecule has 1 atom stereocenters. The van der Waals surface area contributed by atoms with Crippen LogP contribution in [0.25, 0.3) is 0 Å². The third-order valence-electron chi connectivity index (χ3n) is 2.50. The van der Waals surface area contributed by atoms with Crippen molar-refractivity contribution in [1.82, 2.24) is 0 Å². The lowest BCUT2D eigenvalue weighted by molar-refractivity contribution is 0.636. The maximum absolute atomic E-state index is 5.67. The zero-order valence-corrected chi connectivity index (χ0v) is 10.8. The molecule has 0 amide bonds. The Morgan fingerprint density at radius 1 is 1.29 bits per heavy atom. The molecule has 0 fully saturated rings. The first kappa shape index (κ1) is 11.8. The molecule has 0 saturated carbocycles. The van der Waals surface area contributed by atoms with Gasteiger partial charge in [0.2, 0.25) is 0 Å². The summed E-state index contributed by atoms with van der Waals surface area (Å²) in [6.07, 6.45) is 3.89. The zero-order valence-electron chi connectivity index (χ0n) is 8.67. The van der Waals surface area contributed by atoms with Crippen LogP contribution in [0.3, 0.4) is 0 Å². The molecule has 0 aromatic heterocycles. The van der Waals surface area contributed by atoms with Gasteiger partial charge in [0.05, 0.1) is 0 Å². The highest BCUT2D eigenvalue weighted by Crippen LogP contribution is 2.24. The van der Waals surface area contributed by atoms with Crippen LogP contribution in [0.2, 0.25) is 0 Å². The monoisotopic (exact) mass is 303 g/mol. The quantitative estimate of drug-likeness (QED) is 0.497. The number of nitrogen functional groups attached to an aromatic ring is 1. The first-order valence-electron chi connectivity index (χ1n) is 5.19. The maximum atomic E-state index is 5.67. The maximum Gasteiger partial charge on any atom is 0.0314 e. The van der Waals surface area contributed by atoms with E-state index >= 15 is 0 Å². The minimum atomic E-state index is 0.705. The number of anilines is 1. The second-order valence-electron chi connectivity index (χ2n) is 3.66. The molecule has 1 aromatic carbocycles. The van der Waals surface area contributed by atoms with E-state index in [0.29, 0.717) is 5.92 Å². The van der Waals surface area contributed by atoms with Crippen molar-refractivity contribution in [2.75, 3.05) is 10.2 Å². The third-order valence-corrected chi connectivity index (χ3v) is 3.56. The van der Waals surface area contributed by atoms with E-state index in [2.05, 4.69) is 41.6 Å². The molecular weight excluding hydrogens is 285 g/mol. The molecule has 0 bridgehead atoms. The van der Waals surface area contributed by atoms with Crippen LogP contribution in [0.15, 0.2) is 24.3 Å². The van der Waals surface area contributed by atoms with Crippen LogP contribution in [-0.2, 0) is 0 Å². The van der Waals surface area contributed by atoms with Gasteiger partial charge in [-0.2, -0.15) is 0 Å². The predicted molar refractivity (Wildman–Crippen MR) is 72.0 cm³/mol. The van der Waals surface area contributed by atoms with Gasteiger partial charge in [-0.15, -0.1) is 0 Å². The van der Waals surface area contributed by atoms with E-state index in [1.54, 1.807) is 0 Å². The van der Waals surface area contributed by atoms with Crippen molar-refractivity contribution in [3.05, 3.63) is 29.8 Å². The smallest absolute Gasteiger partial charge is 0.0314 e. The van der Waals surface area contributed by atoms with Crippen molar-refractivity contribution in [1.29, 1.82) is 0 Å². The highest BCUT2D eigenvalue weighted by molar-refractivity contribution is 14.1. The van der Waals surface area contributed by atoms with Gasteiger partial charge in [0, 0.05) is 10.1 Å². The molecule has 0 spiro atoms. The molecule has 0 aliphatic carbocycles. The second kappa shape index (κ2) is 6.27. The van der Waals surface area contributed by atoms with Crippen LogP contribution in [0.5, 0.6) is 0 Å². The Morgan fingerprint density at radius 2 is 1.93 bits per heavy atom. The second-order valence-corrected chi connectivity index (χ2v) is 4.54.